The standard InChI is InChI=1S/C12H22O3S3/c1-10(13)6-4-3-5-7-17-12(15)18-9-11(14)8-16-2/h11,14H,3-9H2,1-2H3. The number of hydrogen-bond acceptors (Lipinski definition) is 6. The van der Waals surface area contributed by atoms with Crippen molar-refractivity contribution in [1.82, 2.24) is 0 Å². The van der Waals surface area contributed by atoms with Gasteiger partial charge in [0.05, 0.1) is 6.10 Å². The smallest absolute Gasteiger partial charge is 0.246 e. The molecule has 0 aliphatic heterocycles. The van der Waals surface area contributed by atoms with E-state index in [1.165, 1.54) is 23.5 Å². The Morgan fingerprint density at radius 2 is 1.83 bits per heavy atom. The second-order valence-corrected chi connectivity index (χ2v) is 7.26. The fourth-order valence-corrected chi connectivity index (χ4v) is 3.66. The fraction of sp³-hybridized carbons (Fsp3) is 0.833. The van der Waals surface area contributed by atoms with Crippen LogP contribution in [0.15, 0.2) is 0 Å². The zero-order chi connectivity index (χ0) is 13.8. The van der Waals surface area contributed by atoms with Crippen LogP contribution in [0.1, 0.15) is 32.6 Å². The Kier molecular flexibility index (Phi) is 12.6. The van der Waals surface area contributed by atoms with Crippen molar-refractivity contribution in [1.29, 1.82) is 0 Å². The van der Waals surface area contributed by atoms with Crippen LogP contribution in [-0.4, -0.2) is 45.0 Å². The van der Waals surface area contributed by atoms with E-state index >= 15 is 0 Å². The number of ketones is 1. The van der Waals surface area contributed by atoms with Gasteiger partial charge in [-0.15, -0.1) is 0 Å². The summed E-state index contributed by atoms with van der Waals surface area (Å²) in [6.45, 7) is 1.61. The molecule has 0 aromatic rings. The number of carbonyl (C=O) groups excluding carboxylic acids is 2. The molecule has 1 unspecified atom stereocenters. The van der Waals surface area contributed by atoms with Crippen molar-refractivity contribution in [3.8, 4) is 0 Å². The Balaban J connectivity index is 3.34. The first-order chi connectivity index (χ1) is 8.56. The second-order valence-electron chi connectivity index (χ2n) is 4.03. The lowest BCUT2D eigenvalue weighted by Crippen LogP contribution is -2.13. The van der Waals surface area contributed by atoms with Gasteiger partial charge in [0.2, 0.25) is 4.45 Å². The highest BCUT2D eigenvalue weighted by Crippen LogP contribution is 2.20. The van der Waals surface area contributed by atoms with E-state index in [0.29, 0.717) is 17.9 Å². The van der Waals surface area contributed by atoms with Crippen LogP contribution in [-0.2, 0) is 4.79 Å². The van der Waals surface area contributed by atoms with Crippen molar-refractivity contribution in [3.05, 3.63) is 0 Å². The van der Waals surface area contributed by atoms with Gasteiger partial charge in [0.25, 0.3) is 0 Å². The van der Waals surface area contributed by atoms with Crippen molar-refractivity contribution in [2.24, 2.45) is 0 Å². The highest BCUT2D eigenvalue weighted by molar-refractivity contribution is 8.38. The number of rotatable bonds is 10. The van der Waals surface area contributed by atoms with Crippen LogP contribution in [0.4, 0.5) is 4.79 Å². The molecule has 0 fully saturated rings. The molecule has 0 aromatic heterocycles. The van der Waals surface area contributed by atoms with E-state index in [4.69, 9.17) is 0 Å². The zero-order valence-electron chi connectivity index (χ0n) is 11.0. The maximum absolute atomic E-state index is 11.4. The molecule has 0 aliphatic carbocycles. The molecule has 106 valence electrons. The van der Waals surface area contributed by atoms with Crippen molar-refractivity contribution in [3.63, 3.8) is 0 Å². The second kappa shape index (κ2) is 12.4. The van der Waals surface area contributed by atoms with Crippen LogP contribution in [0.5, 0.6) is 0 Å². The molecule has 1 atom stereocenters. The van der Waals surface area contributed by atoms with Crippen LogP contribution >= 0.6 is 35.3 Å². The first-order valence-corrected chi connectivity index (χ1v) is 9.38. The Labute approximate surface area is 122 Å². The average molecular weight is 311 g/mol. The van der Waals surface area contributed by atoms with E-state index in [2.05, 4.69) is 0 Å². The van der Waals surface area contributed by atoms with Crippen LogP contribution < -0.4 is 0 Å². The molecule has 18 heavy (non-hydrogen) atoms. The molecule has 0 spiro atoms. The van der Waals surface area contributed by atoms with Gasteiger partial charge >= 0.3 is 0 Å². The Morgan fingerprint density at radius 1 is 1.11 bits per heavy atom. The number of carbonyl (C=O) groups is 2. The number of hydrogen-bond donors (Lipinski definition) is 1. The molecule has 0 saturated heterocycles. The third-order valence-electron chi connectivity index (χ3n) is 2.15. The molecular formula is C12H22O3S3. The number of unbranched alkanes of at least 4 members (excludes halogenated alkanes) is 2. The van der Waals surface area contributed by atoms with Crippen molar-refractivity contribution in [2.45, 2.75) is 38.7 Å². The average Bonchev–Trinajstić information content (AvgIpc) is 2.31. The molecule has 1 N–H and O–H groups in total. The van der Waals surface area contributed by atoms with E-state index in [-0.39, 0.29) is 10.2 Å². The van der Waals surface area contributed by atoms with Crippen molar-refractivity contribution < 1.29 is 14.7 Å². The van der Waals surface area contributed by atoms with Crippen LogP contribution in [0.25, 0.3) is 0 Å². The van der Waals surface area contributed by atoms with Gasteiger partial charge in [-0.05, 0) is 26.0 Å². The molecule has 0 aromatic carbocycles. The van der Waals surface area contributed by atoms with Crippen LogP contribution in [0, 0.1) is 0 Å². The fourth-order valence-electron chi connectivity index (χ4n) is 1.25. The monoisotopic (exact) mass is 310 g/mol. The van der Waals surface area contributed by atoms with Crippen LogP contribution in [0.2, 0.25) is 0 Å². The molecule has 0 radical (unpaired) electrons. The van der Waals surface area contributed by atoms with Gasteiger partial charge in [-0.25, -0.2) is 0 Å². The minimum atomic E-state index is -0.398. The van der Waals surface area contributed by atoms with Crippen molar-refractivity contribution >= 4 is 45.5 Å². The summed E-state index contributed by atoms with van der Waals surface area (Å²) < 4.78 is 0.0849. The van der Waals surface area contributed by atoms with E-state index in [1.54, 1.807) is 18.7 Å². The minimum Gasteiger partial charge on any atom is -0.391 e. The van der Waals surface area contributed by atoms with E-state index < -0.39 is 6.10 Å². The Morgan fingerprint density at radius 3 is 2.44 bits per heavy atom. The molecule has 0 aliphatic rings. The van der Waals surface area contributed by atoms with E-state index in [9.17, 15) is 14.7 Å². The topological polar surface area (TPSA) is 54.4 Å². The SMILES string of the molecule is CSCC(O)CSC(=O)SCCCCCC(C)=O. The van der Waals surface area contributed by atoms with Gasteiger partial charge in [0.15, 0.2) is 0 Å². The number of aliphatic hydroxyl groups is 1. The summed E-state index contributed by atoms with van der Waals surface area (Å²) in [5.74, 6) is 2.20. The summed E-state index contributed by atoms with van der Waals surface area (Å²) in [7, 11) is 0. The summed E-state index contributed by atoms with van der Waals surface area (Å²) in [5.41, 5.74) is 0. The first-order valence-electron chi connectivity index (χ1n) is 6.02. The zero-order valence-corrected chi connectivity index (χ0v) is 13.5. The summed E-state index contributed by atoms with van der Waals surface area (Å²) in [5, 5.41) is 9.46. The number of aliphatic hydroxyl groups excluding tert-OH is 1. The quantitative estimate of drug-likeness (QED) is 0.624. The lowest BCUT2D eigenvalue weighted by Gasteiger charge is -2.06. The van der Waals surface area contributed by atoms with Gasteiger partial charge in [-0.2, -0.15) is 11.8 Å². The van der Waals surface area contributed by atoms with E-state index in [1.807, 2.05) is 6.26 Å². The predicted octanol–water partition coefficient (Wildman–Crippen LogP) is 3.45. The third kappa shape index (κ3) is 12.8. The number of Topliss-reactive ketones (excluding diaryl/α,β-unsaturated/α-hetero) is 1. The lowest BCUT2D eigenvalue weighted by atomic mass is 10.2. The molecule has 0 saturated carbocycles. The Hall–Kier alpha value is 0.350. The largest absolute Gasteiger partial charge is 0.391 e. The molecule has 3 nitrogen and oxygen atoms in total. The predicted molar refractivity (Wildman–Crippen MR) is 83.8 cm³/mol. The molecule has 0 bridgehead atoms. The molecule has 0 heterocycles. The highest BCUT2D eigenvalue weighted by atomic mass is 32.2. The molecule has 0 amide bonds. The highest BCUT2D eigenvalue weighted by Gasteiger charge is 2.08. The Bertz CT molecular complexity index is 247. The number of thioether (sulfide) groups is 3. The summed E-state index contributed by atoms with van der Waals surface area (Å²) in [6, 6.07) is 0. The molecular weight excluding hydrogens is 288 g/mol. The van der Waals surface area contributed by atoms with Gasteiger partial charge < -0.3 is 9.90 Å². The summed E-state index contributed by atoms with van der Waals surface area (Å²) in [4.78, 5) is 22.1. The lowest BCUT2D eigenvalue weighted by molar-refractivity contribution is -0.117. The molecule has 6 heteroatoms. The summed E-state index contributed by atoms with van der Waals surface area (Å²) in [6.07, 6.45) is 5.07. The molecule has 0 rings (SSSR count). The minimum absolute atomic E-state index is 0.0849. The van der Waals surface area contributed by atoms with Gasteiger partial charge in [-0.1, -0.05) is 29.9 Å². The third-order valence-corrected chi connectivity index (χ3v) is 5.09. The maximum atomic E-state index is 11.4. The maximum Gasteiger partial charge on any atom is 0.246 e. The first kappa shape index (κ1) is 18.4. The normalized spacial score (nSPS) is 12.4. The van der Waals surface area contributed by atoms with Crippen molar-refractivity contribution in [2.75, 3.05) is 23.5 Å². The van der Waals surface area contributed by atoms with Crippen LogP contribution in [0.3, 0.4) is 0 Å². The summed E-state index contributed by atoms with van der Waals surface area (Å²) >= 11 is 4.10. The van der Waals surface area contributed by atoms with Gasteiger partial charge in [-0.3, -0.25) is 4.79 Å². The van der Waals surface area contributed by atoms with Gasteiger partial charge in [0.1, 0.15) is 5.78 Å². The van der Waals surface area contributed by atoms with E-state index in [0.717, 1.165) is 25.0 Å². The van der Waals surface area contributed by atoms with Gasteiger partial charge in [0, 0.05) is 23.7 Å².